The second kappa shape index (κ2) is 8.62. The van der Waals surface area contributed by atoms with Gasteiger partial charge in [-0.1, -0.05) is 28.1 Å². The standard InChI is InChI=1S/C20H19BrN4O2S/c1-13-16(12-22-25(13)15-10-8-14(21)9-11-15)19(26)23-17-6-4-5-7-18(17)28-20(27)24(2)3/h4-12H,1-3H3,(H,23,26). The van der Waals surface area contributed by atoms with Crippen molar-refractivity contribution in [2.24, 2.45) is 0 Å². The van der Waals surface area contributed by atoms with E-state index in [-0.39, 0.29) is 11.1 Å². The number of benzene rings is 2. The van der Waals surface area contributed by atoms with Gasteiger partial charge >= 0.3 is 0 Å². The normalized spacial score (nSPS) is 10.6. The van der Waals surface area contributed by atoms with E-state index in [1.54, 1.807) is 37.1 Å². The van der Waals surface area contributed by atoms with Crippen LogP contribution in [0.1, 0.15) is 16.1 Å². The van der Waals surface area contributed by atoms with Gasteiger partial charge in [0, 0.05) is 23.5 Å². The fourth-order valence-corrected chi connectivity index (χ4v) is 3.52. The minimum absolute atomic E-state index is 0.110. The smallest absolute Gasteiger partial charge is 0.286 e. The lowest BCUT2D eigenvalue weighted by Gasteiger charge is -2.13. The van der Waals surface area contributed by atoms with E-state index in [0.29, 0.717) is 16.1 Å². The van der Waals surface area contributed by atoms with Crippen LogP contribution in [0.15, 0.2) is 64.1 Å². The Balaban J connectivity index is 1.83. The number of carbonyl (C=O) groups excluding carboxylic acids is 2. The molecule has 0 aliphatic rings. The molecule has 0 saturated heterocycles. The Morgan fingerprint density at radius 2 is 1.79 bits per heavy atom. The fraction of sp³-hybridized carbons (Fsp3) is 0.150. The quantitative estimate of drug-likeness (QED) is 0.560. The summed E-state index contributed by atoms with van der Waals surface area (Å²) in [5, 5.41) is 7.13. The number of carbonyl (C=O) groups is 2. The number of nitrogens with one attached hydrogen (secondary N) is 1. The molecule has 28 heavy (non-hydrogen) atoms. The van der Waals surface area contributed by atoms with E-state index in [1.165, 1.54) is 4.90 Å². The third kappa shape index (κ3) is 4.45. The van der Waals surface area contributed by atoms with E-state index in [4.69, 9.17) is 0 Å². The Hall–Kier alpha value is -2.58. The summed E-state index contributed by atoms with van der Waals surface area (Å²) in [5.41, 5.74) is 2.66. The van der Waals surface area contributed by atoms with Gasteiger partial charge in [0.25, 0.3) is 11.1 Å². The monoisotopic (exact) mass is 458 g/mol. The minimum atomic E-state index is -0.272. The zero-order valence-corrected chi connectivity index (χ0v) is 18.0. The summed E-state index contributed by atoms with van der Waals surface area (Å²) in [7, 11) is 3.38. The topological polar surface area (TPSA) is 67.2 Å². The van der Waals surface area contributed by atoms with Crippen molar-refractivity contribution >= 4 is 44.5 Å². The minimum Gasteiger partial charge on any atom is -0.339 e. The summed E-state index contributed by atoms with van der Waals surface area (Å²) in [4.78, 5) is 27.0. The van der Waals surface area contributed by atoms with E-state index >= 15 is 0 Å². The summed E-state index contributed by atoms with van der Waals surface area (Å²) in [5.74, 6) is -0.272. The number of aromatic nitrogens is 2. The summed E-state index contributed by atoms with van der Waals surface area (Å²) >= 11 is 4.48. The van der Waals surface area contributed by atoms with E-state index in [1.807, 2.05) is 43.3 Å². The molecule has 0 atom stereocenters. The Morgan fingerprint density at radius 3 is 2.46 bits per heavy atom. The first-order valence-electron chi connectivity index (χ1n) is 8.47. The van der Waals surface area contributed by atoms with Gasteiger partial charge in [-0.25, -0.2) is 4.68 Å². The lowest BCUT2D eigenvalue weighted by atomic mass is 10.2. The molecule has 144 valence electrons. The summed E-state index contributed by atoms with van der Waals surface area (Å²) < 4.78 is 2.69. The van der Waals surface area contributed by atoms with Crippen LogP contribution in [0.25, 0.3) is 5.69 Å². The predicted molar refractivity (Wildman–Crippen MR) is 115 cm³/mol. The van der Waals surface area contributed by atoms with Crippen LogP contribution >= 0.6 is 27.7 Å². The highest BCUT2D eigenvalue weighted by Gasteiger charge is 2.18. The summed E-state index contributed by atoms with van der Waals surface area (Å²) in [6.45, 7) is 1.85. The van der Waals surface area contributed by atoms with Crippen molar-refractivity contribution in [3.63, 3.8) is 0 Å². The van der Waals surface area contributed by atoms with Crippen LogP contribution < -0.4 is 5.32 Å². The molecule has 1 heterocycles. The molecule has 3 aromatic rings. The lowest BCUT2D eigenvalue weighted by molar-refractivity contribution is 0.102. The maximum Gasteiger partial charge on any atom is 0.286 e. The van der Waals surface area contributed by atoms with Crippen molar-refractivity contribution in [3.05, 3.63) is 70.5 Å². The number of thioether (sulfide) groups is 1. The third-order valence-electron chi connectivity index (χ3n) is 4.02. The molecule has 0 fully saturated rings. The van der Waals surface area contributed by atoms with Crippen LogP contribution in [0.2, 0.25) is 0 Å². The molecule has 6 nitrogen and oxygen atoms in total. The van der Waals surface area contributed by atoms with Gasteiger partial charge in [0.15, 0.2) is 0 Å². The molecule has 0 saturated carbocycles. The van der Waals surface area contributed by atoms with Crippen molar-refractivity contribution in [2.75, 3.05) is 19.4 Å². The number of nitrogens with zero attached hydrogens (tertiary/aromatic N) is 3. The molecule has 0 radical (unpaired) electrons. The lowest BCUT2D eigenvalue weighted by Crippen LogP contribution is -2.17. The first-order valence-corrected chi connectivity index (χ1v) is 10.1. The average Bonchev–Trinajstić information content (AvgIpc) is 3.05. The summed E-state index contributed by atoms with van der Waals surface area (Å²) in [6.07, 6.45) is 1.55. The highest BCUT2D eigenvalue weighted by molar-refractivity contribution is 9.10. The van der Waals surface area contributed by atoms with Crippen LogP contribution in [0.3, 0.4) is 0 Å². The maximum absolute atomic E-state index is 12.8. The Morgan fingerprint density at radius 1 is 1.11 bits per heavy atom. The Kier molecular flexibility index (Phi) is 6.21. The van der Waals surface area contributed by atoms with Crippen LogP contribution in [-0.2, 0) is 0 Å². The number of rotatable bonds is 4. The molecule has 0 bridgehead atoms. The second-order valence-electron chi connectivity index (χ2n) is 6.24. The zero-order chi connectivity index (χ0) is 20.3. The predicted octanol–water partition coefficient (Wildman–Crippen LogP) is 4.97. The molecule has 0 unspecified atom stereocenters. The van der Waals surface area contributed by atoms with Gasteiger partial charge in [-0.15, -0.1) is 0 Å². The molecule has 2 amide bonds. The van der Waals surface area contributed by atoms with Gasteiger partial charge in [0.2, 0.25) is 0 Å². The number of amides is 2. The molecule has 3 rings (SSSR count). The van der Waals surface area contributed by atoms with Gasteiger partial charge in [0.1, 0.15) is 0 Å². The third-order valence-corrected chi connectivity index (χ3v) is 5.67. The largest absolute Gasteiger partial charge is 0.339 e. The van der Waals surface area contributed by atoms with Gasteiger partial charge in [-0.3, -0.25) is 9.59 Å². The molecule has 8 heteroatoms. The second-order valence-corrected chi connectivity index (χ2v) is 8.15. The molecule has 2 aromatic carbocycles. The van der Waals surface area contributed by atoms with Crippen LogP contribution in [0.4, 0.5) is 10.5 Å². The van der Waals surface area contributed by atoms with Crippen molar-refractivity contribution in [1.29, 1.82) is 0 Å². The van der Waals surface area contributed by atoms with E-state index < -0.39 is 0 Å². The molecular formula is C20H19BrN4O2S. The van der Waals surface area contributed by atoms with Gasteiger partial charge in [0.05, 0.1) is 28.8 Å². The van der Waals surface area contributed by atoms with Crippen molar-refractivity contribution in [3.8, 4) is 5.69 Å². The fourth-order valence-electron chi connectivity index (χ4n) is 2.51. The molecular weight excluding hydrogens is 440 g/mol. The molecule has 1 aromatic heterocycles. The summed E-state index contributed by atoms with van der Waals surface area (Å²) in [6, 6.07) is 14.9. The number of anilines is 1. The first kappa shape index (κ1) is 20.2. The zero-order valence-electron chi connectivity index (χ0n) is 15.6. The van der Waals surface area contributed by atoms with Crippen molar-refractivity contribution in [1.82, 2.24) is 14.7 Å². The molecule has 0 spiro atoms. The number of hydrogen-bond acceptors (Lipinski definition) is 4. The Bertz CT molecular complexity index is 1020. The van der Waals surface area contributed by atoms with Gasteiger partial charge in [-0.2, -0.15) is 5.10 Å². The van der Waals surface area contributed by atoms with Crippen molar-refractivity contribution < 1.29 is 9.59 Å². The molecule has 0 aliphatic heterocycles. The van der Waals surface area contributed by atoms with E-state index in [0.717, 1.165) is 27.6 Å². The number of hydrogen-bond donors (Lipinski definition) is 1. The number of para-hydroxylation sites is 1. The van der Waals surface area contributed by atoms with Crippen LogP contribution in [0, 0.1) is 6.92 Å². The van der Waals surface area contributed by atoms with E-state index in [2.05, 4.69) is 26.3 Å². The van der Waals surface area contributed by atoms with E-state index in [9.17, 15) is 9.59 Å². The van der Waals surface area contributed by atoms with Crippen LogP contribution in [0.5, 0.6) is 0 Å². The highest BCUT2D eigenvalue weighted by Crippen LogP contribution is 2.29. The van der Waals surface area contributed by atoms with Crippen LogP contribution in [-0.4, -0.2) is 39.9 Å². The average molecular weight is 459 g/mol. The maximum atomic E-state index is 12.8. The Labute approximate surface area is 176 Å². The first-order chi connectivity index (χ1) is 13.4. The SMILES string of the molecule is Cc1c(C(=O)Nc2ccccc2SC(=O)N(C)C)cnn1-c1ccc(Br)cc1. The van der Waals surface area contributed by atoms with Crippen molar-refractivity contribution in [2.45, 2.75) is 11.8 Å². The number of halogens is 1. The highest BCUT2D eigenvalue weighted by atomic mass is 79.9. The van der Waals surface area contributed by atoms with Gasteiger partial charge in [-0.05, 0) is 55.1 Å². The molecule has 1 N–H and O–H groups in total. The molecule has 0 aliphatic carbocycles. The van der Waals surface area contributed by atoms with Gasteiger partial charge < -0.3 is 10.2 Å².